The normalized spacial score (nSPS) is 27.5. The Hall–Kier alpha value is -4.35. The number of anilines is 4. The van der Waals surface area contributed by atoms with Gasteiger partial charge in [0.25, 0.3) is 0 Å². The number of hydrogen-bond donors (Lipinski definition) is 3. The molecule has 11 nitrogen and oxygen atoms in total. The lowest BCUT2D eigenvalue weighted by atomic mass is 9.98. The van der Waals surface area contributed by atoms with Crippen LogP contribution in [0.15, 0.2) is 55.0 Å². The summed E-state index contributed by atoms with van der Waals surface area (Å²) >= 11 is 0. The maximum Gasteiger partial charge on any atom is 0.154 e. The number of aryl methyl sites for hydroxylation is 1. The standard InChI is InChI=1S/C36H43N11/c1-21-14-33(42-32-19-30-28(6-4-12-37-30)36(43-32)41-23-17-26-10-11-27(18-23)46(26)3)44-47(21)31-20-39-35(29-7-5-13-38-34(29)31)40-22-15-24-8-9-25(16-22)45(24)2/h4-7,12-14,19-20,22-27H,8-11,15-18H2,1-3H3,(H,39,40)(H2,41,42,43,44)/t22-,23-,24-,25+,26-,27+. The summed E-state index contributed by atoms with van der Waals surface area (Å²) < 4.78 is 1.93. The largest absolute Gasteiger partial charge is 0.367 e. The van der Waals surface area contributed by atoms with Gasteiger partial charge in [-0.1, -0.05) is 0 Å². The van der Waals surface area contributed by atoms with Gasteiger partial charge in [-0.25, -0.2) is 14.6 Å². The average molecular weight is 630 g/mol. The minimum atomic E-state index is 0.400. The van der Waals surface area contributed by atoms with E-state index in [4.69, 9.17) is 20.1 Å². The Bertz CT molecular complexity index is 1930. The van der Waals surface area contributed by atoms with Crippen molar-refractivity contribution in [3.8, 4) is 5.69 Å². The Labute approximate surface area is 275 Å². The fourth-order valence-electron chi connectivity index (χ4n) is 8.93. The van der Waals surface area contributed by atoms with Crippen LogP contribution in [0.4, 0.5) is 23.3 Å². The van der Waals surface area contributed by atoms with Gasteiger partial charge in [0.1, 0.15) is 28.7 Å². The summed E-state index contributed by atoms with van der Waals surface area (Å²) in [7, 11) is 4.56. The molecule has 4 bridgehead atoms. The van der Waals surface area contributed by atoms with E-state index in [1.807, 2.05) is 47.5 Å². The molecule has 0 saturated carbocycles. The van der Waals surface area contributed by atoms with Crippen LogP contribution in [-0.2, 0) is 0 Å². The molecule has 0 amide bonds. The van der Waals surface area contributed by atoms with E-state index < -0.39 is 0 Å². The zero-order valence-corrected chi connectivity index (χ0v) is 27.4. The molecule has 9 rings (SSSR count). The molecule has 5 aromatic rings. The van der Waals surface area contributed by atoms with E-state index in [0.717, 1.165) is 70.5 Å². The highest BCUT2D eigenvalue weighted by molar-refractivity contribution is 5.94. The molecular formula is C36H43N11. The second kappa shape index (κ2) is 11.4. The Kier molecular flexibility index (Phi) is 7.00. The van der Waals surface area contributed by atoms with Crippen molar-refractivity contribution in [1.29, 1.82) is 0 Å². The summed E-state index contributed by atoms with van der Waals surface area (Å²) in [5.41, 5.74) is 3.62. The molecule has 9 heterocycles. The molecule has 3 N–H and O–H groups in total. The van der Waals surface area contributed by atoms with E-state index in [-0.39, 0.29) is 0 Å². The lowest BCUT2D eigenvalue weighted by Gasteiger charge is -2.37. The van der Waals surface area contributed by atoms with Crippen molar-refractivity contribution in [2.24, 2.45) is 0 Å². The predicted molar refractivity (Wildman–Crippen MR) is 187 cm³/mol. The van der Waals surface area contributed by atoms with Gasteiger partial charge in [-0.2, -0.15) is 0 Å². The maximum atomic E-state index is 5.07. The first kappa shape index (κ1) is 28.8. The summed E-state index contributed by atoms with van der Waals surface area (Å²) in [5, 5.41) is 18.1. The van der Waals surface area contributed by atoms with E-state index in [2.05, 4.69) is 63.9 Å². The first-order chi connectivity index (χ1) is 23.0. The second-order valence-corrected chi connectivity index (χ2v) is 14.3. The molecule has 4 aliphatic rings. The molecule has 47 heavy (non-hydrogen) atoms. The molecule has 0 aliphatic carbocycles. The zero-order chi connectivity index (χ0) is 31.6. The molecule has 11 heteroatoms. The number of piperidine rings is 2. The number of fused-ring (bicyclic) bond motifs is 6. The summed E-state index contributed by atoms with van der Waals surface area (Å²) in [4.78, 5) is 24.7. The van der Waals surface area contributed by atoms with Crippen LogP contribution < -0.4 is 16.0 Å². The van der Waals surface area contributed by atoms with Gasteiger partial charge in [-0.05, 0) is 96.7 Å². The number of hydrogen-bond acceptors (Lipinski definition) is 10. The number of aromatic nitrogens is 6. The van der Waals surface area contributed by atoms with E-state index in [1.54, 1.807) is 0 Å². The summed E-state index contributed by atoms with van der Waals surface area (Å²) in [6, 6.07) is 15.7. The first-order valence-corrected chi connectivity index (χ1v) is 17.3. The quantitative estimate of drug-likeness (QED) is 0.202. The first-order valence-electron chi connectivity index (χ1n) is 17.3. The number of pyridine rings is 4. The molecule has 0 spiro atoms. The third-order valence-corrected chi connectivity index (χ3v) is 11.5. The van der Waals surface area contributed by atoms with Gasteiger partial charge >= 0.3 is 0 Å². The topological polar surface area (TPSA) is 112 Å². The van der Waals surface area contributed by atoms with Crippen molar-refractivity contribution >= 4 is 45.1 Å². The highest BCUT2D eigenvalue weighted by Crippen LogP contribution is 2.38. The van der Waals surface area contributed by atoms with Crippen LogP contribution in [0.25, 0.3) is 27.5 Å². The molecule has 6 atom stereocenters. The van der Waals surface area contributed by atoms with Gasteiger partial charge in [0.2, 0.25) is 0 Å². The minimum Gasteiger partial charge on any atom is -0.367 e. The SMILES string of the molecule is Cc1cc(Nc2cc3ncccc3c(N[C@@H]3C[C@H]4CC[C@@H](C3)N4C)n2)nn1-c1cnc(N[C@@H]2C[C@H]3CC[C@@H](C2)N3C)c2cccnc12. The van der Waals surface area contributed by atoms with Crippen LogP contribution in [-0.4, -0.2) is 89.9 Å². The smallest absolute Gasteiger partial charge is 0.154 e. The highest BCUT2D eigenvalue weighted by Gasteiger charge is 2.39. The van der Waals surface area contributed by atoms with Crippen molar-refractivity contribution in [1.82, 2.24) is 39.5 Å². The van der Waals surface area contributed by atoms with Gasteiger partial charge in [0.05, 0.1) is 11.7 Å². The summed E-state index contributed by atoms with van der Waals surface area (Å²) in [6.45, 7) is 2.06. The molecule has 5 aromatic heterocycles. The Balaban J connectivity index is 0.990. The monoisotopic (exact) mass is 629 g/mol. The number of nitrogens with zero attached hydrogens (tertiary/aromatic N) is 8. The fraction of sp³-hybridized carbons (Fsp3) is 0.472. The lowest BCUT2D eigenvalue weighted by Crippen LogP contribution is -2.44. The van der Waals surface area contributed by atoms with Gasteiger partial charge in [0, 0.05) is 77.2 Å². The van der Waals surface area contributed by atoms with Crippen LogP contribution in [0.1, 0.15) is 57.1 Å². The van der Waals surface area contributed by atoms with Gasteiger partial charge in [-0.3, -0.25) is 9.97 Å². The predicted octanol–water partition coefficient (Wildman–Crippen LogP) is 5.88. The summed E-state index contributed by atoms with van der Waals surface area (Å²) in [6.07, 6.45) is 15.3. The highest BCUT2D eigenvalue weighted by atomic mass is 15.3. The third-order valence-electron chi connectivity index (χ3n) is 11.5. The molecule has 4 aliphatic heterocycles. The fourth-order valence-corrected chi connectivity index (χ4v) is 8.93. The Morgan fingerprint density at radius 1 is 0.702 bits per heavy atom. The van der Waals surface area contributed by atoms with Gasteiger partial charge < -0.3 is 25.8 Å². The molecule has 0 aromatic carbocycles. The number of rotatable bonds is 7. The van der Waals surface area contributed by atoms with Crippen molar-refractivity contribution < 1.29 is 0 Å². The third kappa shape index (κ3) is 5.16. The summed E-state index contributed by atoms with van der Waals surface area (Å²) in [5.74, 6) is 3.21. The van der Waals surface area contributed by atoms with Gasteiger partial charge in [-0.15, -0.1) is 5.10 Å². The molecular weight excluding hydrogens is 586 g/mol. The van der Waals surface area contributed by atoms with E-state index >= 15 is 0 Å². The minimum absolute atomic E-state index is 0.400. The van der Waals surface area contributed by atoms with Gasteiger partial charge in [0.15, 0.2) is 5.82 Å². The number of nitrogens with one attached hydrogen (secondary N) is 3. The van der Waals surface area contributed by atoms with Crippen molar-refractivity contribution in [2.75, 3.05) is 30.0 Å². The van der Waals surface area contributed by atoms with Crippen molar-refractivity contribution in [2.45, 2.75) is 94.5 Å². The average Bonchev–Trinajstić information content (AvgIpc) is 3.58. The second-order valence-electron chi connectivity index (χ2n) is 14.3. The molecule has 0 unspecified atom stereocenters. The molecule has 4 fully saturated rings. The molecule has 4 saturated heterocycles. The Morgan fingerprint density at radius 3 is 2.00 bits per heavy atom. The van der Waals surface area contributed by atoms with Crippen LogP contribution in [0, 0.1) is 6.92 Å². The van der Waals surface area contributed by atoms with Crippen LogP contribution in [0.2, 0.25) is 0 Å². The van der Waals surface area contributed by atoms with Crippen molar-refractivity contribution in [3.05, 3.63) is 60.7 Å². The molecule has 242 valence electrons. The van der Waals surface area contributed by atoms with Crippen LogP contribution >= 0.6 is 0 Å². The molecule has 0 radical (unpaired) electrons. The van der Waals surface area contributed by atoms with Crippen molar-refractivity contribution in [3.63, 3.8) is 0 Å². The van der Waals surface area contributed by atoms with E-state index in [0.29, 0.717) is 47.9 Å². The zero-order valence-electron chi connectivity index (χ0n) is 27.4. The van der Waals surface area contributed by atoms with Crippen LogP contribution in [0.5, 0.6) is 0 Å². The Morgan fingerprint density at radius 2 is 1.32 bits per heavy atom. The van der Waals surface area contributed by atoms with E-state index in [1.165, 1.54) is 25.7 Å². The lowest BCUT2D eigenvalue weighted by molar-refractivity contribution is 0.169. The maximum absolute atomic E-state index is 5.07. The van der Waals surface area contributed by atoms with E-state index in [9.17, 15) is 0 Å². The van der Waals surface area contributed by atoms with Crippen LogP contribution in [0.3, 0.4) is 0 Å².